The highest BCUT2D eigenvalue weighted by atomic mass is 32.2. The van der Waals surface area contributed by atoms with Crippen molar-refractivity contribution in [3.05, 3.63) is 124 Å². The summed E-state index contributed by atoms with van der Waals surface area (Å²) < 4.78 is 61.7. The Morgan fingerprint density at radius 3 is 2.59 bits per heavy atom. The van der Waals surface area contributed by atoms with Gasteiger partial charge in [0.15, 0.2) is 11.4 Å². The number of nitrogens with zero attached hydrogens (tertiary/aromatic N) is 6. The van der Waals surface area contributed by atoms with Crippen LogP contribution in [0.1, 0.15) is 73.6 Å². The quantitative estimate of drug-likeness (QED) is 0.0791. The molecule has 20 heteroatoms. The van der Waals surface area contributed by atoms with E-state index in [0.717, 1.165) is 73.9 Å². The van der Waals surface area contributed by atoms with Crippen LogP contribution < -0.4 is 34.0 Å². The summed E-state index contributed by atoms with van der Waals surface area (Å²) in [5.41, 5.74) is 4.39. The predicted octanol–water partition coefficient (Wildman–Crippen LogP) is 7.70. The molecule has 4 atom stereocenters. The van der Waals surface area contributed by atoms with Crippen LogP contribution in [0.4, 0.5) is 28.4 Å². The van der Waals surface area contributed by atoms with E-state index in [1.54, 1.807) is 24.5 Å². The fraction of sp³-hybridized carbons (Fsp3) is 0.426. The standard InChI is InChI=1S/C54H59N9O10S/c1-33(2)72-47-9-4-3-8-40(47)46-31-70-22-20-61(46)38-28-54(29-38)14-18-60(19-15-54)37-10-11-41(43(25-37)62-42-13-21-69-32-49(42)73-53-45(62)23-34-12-17-56-51(34)58-53)52(64)59-74(67,68)39-26-44(63(65)66)50-48(27-39)71-30-36(57-50)24-35-7-5-6-16-55-35/h3-12,16-17,23,25-27,33,36,38,42,46,49,57H,13-15,18-22,24,28-32H2,1-2H3,(H,56,58)(H,59,64)/t36-,42+,46+,49+/m1/s1. The number of anilines is 4. The third-order valence-electron chi connectivity index (χ3n) is 15.7. The number of carbonyl (C=O) groups is 1. The molecule has 8 heterocycles. The predicted molar refractivity (Wildman–Crippen MR) is 276 cm³/mol. The lowest BCUT2D eigenvalue weighted by atomic mass is 9.59. The van der Waals surface area contributed by atoms with E-state index >= 15 is 0 Å². The van der Waals surface area contributed by atoms with Gasteiger partial charge in [-0.2, -0.15) is 4.98 Å². The summed E-state index contributed by atoms with van der Waals surface area (Å²) in [6.07, 6.45) is 8.25. The van der Waals surface area contributed by atoms with Gasteiger partial charge in [-0.05, 0) is 99.9 Å². The van der Waals surface area contributed by atoms with Gasteiger partial charge in [-0.15, -0.1) is 0 Å². The number of amides is 1. The number of aromatic amines is 1. The summed E-state index contributed by atoms with van der Waals surface area (Å²) in [6, 6.07) is 25.3. The van der Waals surface area contributed by atoms with Crippen LogP contribution in [0.25, 0.3) is 11.0 Å². The Labute approximate surface area is 428 Å². The second-order valence-corrected chi connectivity index (χ2v) is 22.3. The van der Waals surface area contributed by atoms with E-state index in [4.69, 9.17) is 28.7 Å². The number of pyridine rings is 2. The van der Waals surface area contributed by atoms with Crippen molar-refractivity contribution >= 4 is 55.4 Å². The maximum Gasteiger partial charge on any atom is 0.297 e. The van der Waals surface area contributed by atoms with Crippen molar-refractivity contribution in [3.8, 4) is 17.4 Å². The minimum atomic E-state index is -4.72. The molecule has 1 amide bonds. The van der Waals surface area contributed by atoms with Gasteiger partial charge in [-0.25, -0.2) is 13.1 Å². The Balaban J connectivity index is 0.830. The summed E-state index contributed by atoms with van der Waals surface area (Å²) in [4.78, 5) is 45.6. The summed E-state index contributed by atoms with van der Waals surface area (Å²) in [5.74, 6) is 0.340. The Kier molecular flexibility index (Phi) is 12.6. The minimum Gasteiger partial charge on any atom is -0.491 e. The first-order chi connectivity index (χ1) is 35.9. The van der Waals surface area contributed by atoms with E-state index in [9.17, 15) is 23.3 Å². The van der Waals surface area contributed by atoms with Crippen molar-refractivity contribution in [3.63, 3.8) is 0 Å². The molecule has 19 nitrogen and oxygen atoms in total. The molecule has 4 fully saturated rings. The third kappa shape index (κ3) is 9.11. The first-order valence-electron chi connectivity index (χ1n) is 25.6. The zero-order valence-electron chi connectivity index (χ0n) is 41.3. The Morgan fingerprint density at radius 1 is 0.959 bits per heavy atom. The third-order valence-corrected chi connectivity index (χ3v) is 17.0. The van der Waals surface area contributed by atoms with Gasteiger partial charge in [0.05, 0.1) is 65.1 Å². The van der Waals surface area contributed by atoms with Crippen LogP contribution >= 0.6 is 0 Å². The molecule has 1 aliphatic carbocycles. The normalized spacial score (nSPS) is 22.6. The molecule has 6 aliphatic rings. The molecular weight excluding hydrogens is 967 g/mol. The summed E-state index contributed by atoms with van der Waals surface area (Å²) in [5, 5.41) is 16.5. The molecule has 12 rings (SSSR count). The van der Waals surface area contributed by atoms with Gasteiger partial charge < -0.3 is 43.8 Å². The van der Waals surface area contributed by atoms with Gasteiger partial charge in [0.2, 0.25) is 5.88 Å². The number of hydrogen-bond acceptors (Lipinski definition) is 16. The van der Waals surface area contributed by atoms with Gasteiger partial charge in [0.1, 0.15) is 29.8 Å². The summed E-state index contributed by atoms with van der Waals surface area (Å²) in [6.45, 7) is 8.74. The molecule has 3 aromatic heterocycles. The summed E-state index contributed by atoms with van der Waals surface area (Å²) in [7, 11) is -4.72. The number of para-hydroxylation sites is 1. The molecular formula is C54H59N9O10S. The van der Waals surface area contributed by atoms with Gasteiger partial charge in [-0.1, -0.05) is 24.3 Å². The fourth-order valence-electron chi connectivity index (χ4n) is 12.0. The Morgan fingerprint density at radius 2 is 1.78 bits per heavy atom. The van der Waals surface area contributed by atoms with Gasteiger partial charge >= 0.3 is 0 Å². The lowest BCUT2D eigenvalue weighted by Crippen LogP contribution is -2.57. The highest BCUT2D eigenvalue weighted by Crippen LogP contribution is 2.54. The monoisotopic (exact) mass is 1030 g/mol. The molecule has 0 unspecified atom stereocenters. The number of morpholine rings is 1. The molecule has 1 saturated carbocycles. The SMILES string of the molecule is CC(C)Oc1ccccc1[C@@H]1COCCN1C1CC2(CCN(c3ccc(C(=O)NS(=O)(=O)c4cc5c(c([N+](=O)[O-])c4)N[C@H](Cc4ccccn4)CO5)c(N4c5cc6cc[nH]c6nc5O[C@H]5COCC[C@@H]54)c3)CC2)C1. The van der Waals surface area contributed by atoms with Crippen molar-refractivity contribution in [1.29, 1.82) is 0 Å². The molecule has 74 heavy (non-hydrogen) atoms. The van der Waals surface area contributed by atoms with Crippen LogP contribution in [0.5, 0.6) is 17.4 Å². The van der Waals surface area contributed by atoms with Crippen molar-refractivity contribution in [1.82, 2.24) is 24.6 Å². The highest BCUT2D eigenvalue weighted by Gasteiger charge is 2.50. The van der Waals surface area contributed by atoms with Crippen molar-refractivity contribution in [2.45, 2.75) is 93.6 Å². The van der Waals surface area contributed by atoms with E-state index in [-0.39, 0.29) is 59.9 Å². The zero-order chi connectivity index (χ0) is 50.7. The van der Waals surface area contributed by atoms with Crippen LogP contribution in [0.15, 0.2) is 102 Å². The average molecular weight is 1030 g/mol. The summed E-state index contributed by atoms with van der Waals surface area (Å²) >= 11 is 0. The maximum absolute atomic E-state index is 14.8. The lowest BCUT2D eigenvalue weighted by molar-refractivity contribution is -0.384. The highest BCUT2D eigenvalue weighted by molar-refractivity contribution is 7.90. The molecule has 3 saturated heterocycles. The van der Waals surface area contributed by atoms with Gasteiger partial charge in [0, 0.05) is 85.6 Å². The number of nitrogens with one attached hydrogen (secondary N) is 3. The van der Waals surface area contributed by atoms with E-state index in [2.05, 4.69) is 66.8 Å². The lowest BCUT2D eigenvalue weighted by Gasteiger charge is -2.57. The maximum atomic E-state index is 14.8. The number of nitro benzene ring substituents is 1. The van der Waals surface area contributed by atoms with Crippen LogP contribution in [0.3, 0.4) is 0 Å². The van der Waals surface area contributed by atoms with Crippen LogP contribution in [-0.4, -0.2) is 122 Å². The Bertz CT molecular complexity index is 3210. The smallest absolute Gasteiger partial charge is 0.297 e. The van der Waals surface area contributed by atoms with Crippen LogP contribution in [-0.2, 0) is 25.9 Å². The zero-order valence-corrected chi connectivity index (χ0v) is 42.1. The van der Waals surface area contributed by atoms with Gasteiger partial charge in [-0.3, -0.25) is 24.8 Å². The fourth-order valence-corrected chi connectivity index (χ4v) is 13.0. The number of H-pyrrole nitrogens is 1. The number of nitro groups is 1. The molecule has 6 aromatic rings. The van der Waals surface area contributed by atoms with Crippen LogP contribution in [0, 0.1) is 15.5 Å². The van der Waals surface area contributed by atoms with Crippen molar-refractivity contribution in [2.75, 3.05) is 67.8 Å². The van der Waals surface area contributed by atoms with E-state index < -0.39 is 37.5 Å². The number of fused-ring (bicyclic) bond motifs is 4. The molecule has 3 aromatic carbocycles. The number of hydrogen-bond donors (Lipinski definition) is 3. The first kappa shape index (κ1) is 48.0. The number of benzene rings is 3. The van der Waals surface area contributed by atoms with E-state index in [1.165, 1.54) is 11.6 Å². The largest absolute Gasteiger partial charge is 0.491 e. The topological polar surface area (TPSA) is 216 Å². The number of ether oxygens (including phenoxy) is 5. The van der Waals surface area contributed by atoms with E-state index in [0.29, 0.717) is 61.6 Å². The second kappa shape index (κ2) is 19.4. The molecule has 0 bridgehead atoms. The second-order valence-electron chi connectivity index (χ2n) is 20.7. The number of sulfonamides is 1. The number of piperidine rings is 1. The average Bonchev–Trinajstić information content (AvgIpc) is 3.86. The minimum absolute atomic E-state index is 0.0163. The van der Waals surface area contributed by atoms with E-state index in [1.807, 2.05) is 42.5 Å². The molecule has 3 N–H and O–H groups in total. The molecule has 5 aliphatic heterocycles. The number of carbonyl (C=O) groups excluding carboxylic acids is 1. The Hall–Kier alpha value is -7.00. The first-order valence-corrected chi connectivity index (χ1v) is 27.1. The molecule has 0 radical (unpaired) electrons. The van der Waals surface area contributed by atoms with Gasteiger partial charge in [0.25, 0.3) is 21.6 Å². The van der Waals surface area contributed by atoms with Crippen molar-refractivity contribution < 1.29 is 41.8 Å². The number of aromatic nitrogens is 3. The molecule has 1 spiro atoms. The van der Waals surface area contributed by atoms with Crippen LogP contribution in [0.2, 0.25) is 0 Å². The number of rotatable bonds is 12. The van der Waals surface area contributed by atoms with Crippen molar-refractivity contribution in [2.24, 2.45) is 5.41 Å². The molecule has 386 valence electrons.